The highest BCUT2D eigenvalue weighted by Gasteiger charge is 2.48. The minimum absolute atomic E-state index is 0.0350. The molecule has 5 rings (SSSR count). The number of aromatic nitrogens is 2. The smallest absolute Gasteiger partial charge is 0.289 e. The standard InChI is InChI=1S/C28H36F2N4O2/c1-5-20-8-9-22(10-11-23(20)21-6-7-21)34-24(28(29,30)18(2)3)12-13-33-26(35)16-25(31-27(33)34)32-14-15-36-17-19(32)4/h9-11,16,19,21,24H,2,5-8,12-15,17H2,1,3-4H3. The zero-order valence-electron chi connectivity index (χ0n) is 21.5. The van der Waals surface area contributed by atoms with Crippen LogP contribution >= 0.6 is 0 Å². The van der Waals surface area contributed by atoms with Crippen molar-refractivity contribution in [3.05, 3.63) is 63.6 Å². The number of alkyl halides is 2. The van der Waals surface area contributed by atoms with Gasteiger partial charge >= 0.3 is 0 Å². The first-order valence-electron chi connectivity index (χ1n) is 13.1. The lowest BCUT2D eigenvalue weighted by molar-refractivity contribution is 0.00567. The number of hydrogen-bond donors (Lipinski definition) is 0. The van der Waals surface area contributed by atoms with Crippen LogP contribution in [0.2, 0.25) is 0 Å². The van der Waals surface area contributed by atoms with E-state index in [9.17, 15) is 4.79 Å². The van der Waals surface area contributed by atoms with Crippen LogP contribution in [0.15, 0.2) is 58.1 Å². The molecule has 2 unspecified atom stereocenters. The summed E-state index contributed by atoms with van der Waals surface area (Å²) < 4.78 is 38.4. The van der Waals surface area contributed by atoms with Crippen molar-refractivity contribution < 1.29 is 13.5 Å². The highest BCUT2D eigenvalue weighted by Crippen LogP contribution is 2.43. The molecule has 194 valence electrons. The van der Waals surface area contributed by atoms with E-state index in [1.54, 1.807) is 4.90 Å². The van der Waals surface area contributed by atoms with Crippen molar-refractivity contribution in [1.29, 1.82) is 0 Å². The van der Waals surface area contributed by atoms with Crippen LogP contribution in [0.1, 0.15) is 52.9 Å². The van der Waals surface area contributed by atoms with E-state index in [1.807, 2.05) is 24.0 Å². The van der Waals surface area contributed by atoms with E-state index in [4.69, 9.17) is 9.72 Å². The Balaban J connectivity index is 1.63. The Morgan fingerprint density at radius 3 is 2.69 bits per heavy atom. The van der Waals surface area contributed by atoms with Gasteiger partial charge in [0.2, 0.25) is 5.95 Å². The van der Waals surface area contributed by atoms with Gasteiger partial charge in [0, 0.05) is 24.9 Å². The maximum Gasteiger partial charge on any atom is 0.289 e. The number of anilines is 2. The minimum Gasteiger partial charge on any atom is -0.377 e. The lowest BCUT2D eigenvalue weighted by atomic mass is 9.96. The van der Waals surface area contributed by atoms with E-state index in [2.05, 4.69) is 19.6 Å². The Morgan fingerprint density at radius 1 is 1.25 bits per heavy atom. The fourth-order valence-corrected chi connectivity index (χ4v) is 5.59. The molecule has 2 aliphatic carbocycles. The summed E-state index contributed by atoms with van der Waals surface area (Å²) in [4.78, 5) is 21.8. The van der Waals surface area contributed by atoms with Crippen molar-refractivity contribution >= 4 is 11.8 Å². The number of fused-ring (bicyclic) bond motifs is 1. The first kappa shape index (κ1) is 24.9. The molecule has 1 aromatic heterocycles. The largest absolute Gasteiger partial charge is 0.377 e. The van der Waals surface area contributed by atoms with Gasteiger partial charge in [-0.15, -0.1) is 0 Å². The molecule has 0 N–H and O–H groups in total. The molecule has 1 aromatic rings. The van der Waals surface area contributed by atoms with Crippen molar-refractivity contribution in [2.75, 3.05) is 29.6 Å². The van der Waals surface area contributed by atoms with Gasteiger partial charge in [-0.25, -0.2) is 0 Å². The molecular formula is C28H36F2N4O2. The Morgan fingerprint density at radius 2 is 2.03 bits per heavy atom. The molecule has 4 aliphatic rings. The summed E-state index contributed by atoms with van der Waals surface area (Å²) in [5.41, 5.74) is 2.95. The predicted octanol–water partition coefficient (Wildman–Crippen LogP) is 5.22. The highest BCUT2D eigenvalue weighted by molar-refractivity contribution is 5.56. The molecular weight excluding hydrogens is 462 g/mol. The van der Waals surface area contributed by atoms with Crippen LogP contribution in [0.3, 0.4) is 0 Å². The van der Waals surface area contributed by atoms with E-state index < -0.39 is 12.0 Å². The van der Waals surface area contributed by atoms with Gasteiger partial charge in [-0.1, -0.05) is 31.2 Å². The van der Waals surface area contributed by atoms with Crippen molar-refractivity contribution in [1.82, 2.24) is 9.55 Å². The van der Waals surface area contributed by atoms with Crippen molar-refractivity contribution in [2.45, 2.75) is 77.4 Å². The summed E-state index contributed by atoms with van der Waals surface area (Å²) in [6.45, 7) is 11.0. The Hall–Kier alpha value is -2.74. The number of halogens is 2. The van der Waals surface area contributed by atoms with E-state index in [0.717, 1.165) is 6.42 Å². The first-order chi connectivity index (χ1) is 17.2. The average molecular weight is 499 g/mol. The molecule has 3 heterocycles. The van der Waals surface area contributed by atoms with Crippen LogP contribution < -0.4 is 15.4 Å². The van der Waals surface area contributed by atoms with E-state index in [-0.39, 0.29) is 36.1 Å². The number of ether oxygens (including phenoxy) is 1. The maximum absolute atomic E-state index is 15.7. The molecule has 2 fully saturated rings. The number of hydrogen-bond acceptors (Lipinski definition) is 5. The lowest BCUT2D eigenvalue weighted by Gasteiger charge is -2.43. The summed E-state index contributed by atoms with van der Waals surface area (Å²) in [7, 11) is 0. The average Bonchev–Trinajstić information content (AvgIpc) is 3.70. The fraction of sp³-hybridized carbons (Fsp3) is 0.571. The number of allylic oxidation sites excluding steroid dienone is 5. The zero-order valence-corrected chi connectivity index (χ0v) is 21.5. The lowest BCUT2D eigenvalue weighted by Crippen LogP contribution is -2.54. The molecule has 8 heteroatoms. The molecule has 0 bridgehead atoms. The third-order valence-electron chi connectivity index (χ3n) is 7.90. The molecule has 2 aliphatic heterocycles. The van der Waals surface area contributed by atoms with Crippen molar-refractivity contribution in [2.24, 2.45) is 5.92 Å². The molecule has 6 nitrogen and oxygen atoms in total. The van der Waals surface area contributed by atoms with Gasteiger partial charge in [-0.05, 0) is 69.1 Å². The second-order valence-corrected chi connectivity index (χ2v) is 10.5. The SMILES string of the molecule is C=C(C)C(F)(F)C1CCn2c(nc(N3CCOCC3C)cc2=O)N1C1=CCC(CC)=C(C2CC2)C=C1. The summed E-state index contributed by atoms with van der Waals surface area (Å²) >= 11 is 0. The van der Waals surface area contributed by atoms with Gasteiger partial charge in [0.05, 0.1) is 19.3 Å². The molecule has 0 amide bonds. The first-order valence-corrected chi connectivity index (χ1v) is 13.1. The normalized spacial score (nSPS) is 25.0. The van der Waals surface area contributed by atoms with E-state index in [1.165, 1.54) is 41.5 Å². The number of nitrogens with zero attached hydrogens (tertiary/aromatic N) is 4. The monoisotopic (exact) mass is 498 g/mol. The van der Waals surface area contributed by atoms with Crippen LogP contribution in [0.25, 0.3) is 0 Å². The van der Waals surface area contributed by atoms with Crippen LogP contribution in [0, 0.1) is 5.92 Å². The Labute approximate surface area is 211 Å². The molecule has 0 spiro atoms. The molecule has 1 saturated carbocycles. The van der Waals surface area contributed by atoms with Crippen LogP contribution in [-0.2, 0) is 11.3 Å². The van der Waals surface area contributed by atoms with Gasteiger partial charge < -0.3 is 14.5 Å². The zero-order chi connectivity index (χ0) is 25.6. The second-order valence-electron chi connectivity index (χ2n) is 10.5. The van der Waals surface area contributed by atoms with Gasteiger partial charge in [0.15, 0.2) is 0 Å². The predicted molar refractivity (Wildman–Crippen MR) is 139 cm³/mol. The quantitative estimate of drug-likeness (QED) is 0.504. The Bertz CT molecular complexity index is 1190. The van der Waals surface area contributed by atoms with Crippen LogP contribution in [-0.4, -0.2) is 47.3 Å². The Kier molecular flexibility index (Phi) is 6.66. The molecule has 0 aromatic carbocycles. The van der Waals surface area contributed by atoms with Gasteiger partial charge in [0.25, 0.3) is 11.5 Å². The third kappa shape index (κ3) is 4.44. The van der Waals surface area contributed by atoms with Gasteiger partial charge in [-0.2, -0.15) is 13.8 Å². The molecule has 2 atom stereocenters. The minimum atomic E-state index is -3.15. The van der Waals surface area contributed by atoms with Gasteiger partial charge in [0.1, 0.15) is 11.9 Å². The molecule has 0 radical (unpaired) electrons. The summed E-state index contributed by atoms with van der Waals surface area (Å²) in [5.74, 6) is -1.79. The maximum atomic E-state index is 15.7. The third-order valence-corrected chi connectivity index (χ3v) is 7.90. The van der Waals surface area contributed by atoms with Crippen LogP contribution in [0.4, 0.5) is 20.5 Å². The summed E-state index contributed by atoms with van der Waals surface area (Å²) in [5, 5.41) is 0. The molecule has 36 heavy (non-hydrogen) atoms. The molecule has 1 saturated heterocycles. The van der Waals surface area contributed by atoms with E-state index in [0.29, 0.717) is 43.6 Å². The second kappa shape index (κ2) is 9.61. The summed E-state index contributed by atoms with van der Waals surface area (Å²) in [6, 6.07) is 0.385. The van der Waals surface area contributed by atoms with Crippen molar-refractivity contribution in [3.63, 3.8) is 0 Å². The number of morpholine rings is 1. The fourth-order valence-electron chi connectivity index (χ4n) is 5.59. The van der Waals surface area contributed by atoms with Gasteiger partial charge in [-0.3, -0.25) is 9.36 Å². The van der Waals surface area contributed by atoms with Crippen molar-refractivity contribution in [3.8, 4) is 0 Å². The van der Waals surface area contributed by atoms with Crippen LogP contribution in [0.5, 0.6) is 0 Å². The summed E-state index contributed by atoms with van der Waals surface area (Å²) in [6.07, 6.45) is 10.2. The van der Waals surface area contributed by atoms with E-state index >= 15 is 8.78 Å². The highest BCUT2D eigenvalue weighted by atomic mass is 19.3. The topological polar surface area (TPSA) is 50.6 Å². The number of rotatable bonds is 6.